The molecule has 0 bridgehead atoms. The predicted molar refractivity (Wildman–Crippen MR) is 85.0 cm³/mol. The summed E-state index contributed by atoms with van der Waals surface area (Å²) >= 11 is 0. The molecule has 2 heterocycles. The molecule has 21 heavy (non-hydrogen) atoms. The average molecular weight is 288 g/mol. The maximum atomic E-state index is 14.6. The van der Waals surface area contributed by atoms with Crippen LogP contribution in [0.5, 0.6) is 0 Å². The molecule has 0 saturated carbocycles. The van der Waals surface area contributed by atoms with Gasteiger partial charge in [0.15, 0.2) is 5.82 Å². The van der Waals surface area contributed by atoms with Crippen LogP contribution in [0.1, 0.15) is 13.3 Å². The first-order valence-corrected chi connectivity index (χ1v) is 7.36. The van der Waals surface area contributed by atoms with E-state index >= 15 is 0 Å². The van der Waals surface area contributed by atoms with Crippen LogP contribution in [0.3, 0.4) is 0 Å². The van der Waals surface area contributed by atoms with Crippen molar-refractivity contribution >= 4 is 22.3 Å². The van der Waals surface area contributed by atoms with Crippen molar-refractivity contribution in [2.75, 3.05) is 37.3 Å². The maximum Gasteiger partial charge on any atom is 0.150 e. The standard InChI is InChI=1S/C16H21FN4/c1-11-10-20(2)7-4-8-21(11)16-13(17)9-14(18)12-5-3-6-19-15(12)16/h3,5-6,9,11H,4,7-8,10,18H2,1-2H3. The fraction of sp³-hybridized carbons (Fsp3) is 0.438. The third-order valence-corrected chi connectivity index (χ3v) is 4.19. The molecule has 112 valence electrons. The zero-order chi connectivity index (χ0) is 15.0. The normalized spacial score (nSPS) is 20.7. The van der Waals surface area contributed by atoms with Crippen LogP contribution in [0.2, 0.25) is 0 Å². The molecule has 1 atom stereocenters. The van der Waals surface area contributed by atoms with Crippen molar-refractivity contribution < 1.29 is 4.39 Å². The van der Waals surface area contributed by atoms with Gasteiger partial charge in [0.25, 0.3) is 0 Å². The van der Waals surface area contributed by atoms with Crippen LogP contribution in [0.25, 0.3) is 10.9 Å². The number of nitrogens with two attached hydrogens (primary N) is 1. The number of fused-ring (bicyclic) bond motifs is 1. The summed E-state index contributed by atoms with van der Waals surface area (Å²) in [5.74, 6) is -0.282. The molecule has 1 unspecified atom stereocenters. The number of halogens is 1. The van der Waals surface area contributed by atoms with Gasteiger partial charge in [-0.25, -0.2) is 4.39 Å². The molecule has 1 aliphatic heterocycles. The van der Waals surface area contributed by atoms with Gasteiger partial charge in [-0.05, 0) is 45.1 Å². The van der Waals surface area contributed by atoms with Crippen LogP contribution in [0.15, 0.2) is 24.4 Å². The van der Waals surface area contributed by atoms with E-state index in [9.17, 15) is 4.39 Å². The molecule has 3 rings (SSSR count). The van der Waals surface area contributed by atoms with E-state index in [1.165, 1.54) is 6.07 Å². The smallest absolute Gasteiger partial charge is 0.150 e. The van der Waals surface area contributed by atoms with Gasteiger partial charge < -0.3 is 15.5 Å². The first-order chi connectivity index (χ1) is 10.1. The Morgan fingerprint density at radius 1 is 1.38 bits per heavy atom. The zero-order valence-corrected chi connectivity index (χ0v) is 12.5. The van der Waals surface area contributed by atoms with Crippen LogP contribution in [0, 0.1) is 5.82 Å². The number of hydrogen-bond donors (Lipinski definition) is 1. The number of anilines is 2. The molecule has 2 N–H and O–H groups in total. The second-order valence-electron chi connectivity index (χ2n) is 5.85. The molecule has 0 amide bonds. The summed E-state index contributed by atoms with van der Waals surface area (Å²) in [5.41, 5.74) is 7.62. The van der Waals surface area contributed by atoms with Crippen molar-refractivity contribution in [1.29, 1.82) is 0 Å². The summed E-state index contributed by atoms with van der Waals surface area (Å²) in [6.45, 7) is 4.91. The first-order valence-electron chi connectivity index (χ1n) is 7.36. The van der Waals surface area contributed by atoms with Gasteiger partial charge in [0.05, 0.1) is 5.52 Å². The second kappa shape index (κ2) is 5.48. The zero-order valence-electron chi connectivity index (χ0n) is 12.5. The van der Waals surface area contributed by atoms with E-state index in [4.69, 9.17) is 5.73 Å². The molecule has 1 aromatic carbocycles. The van der Waals surface area contributed by atoms with Crippen LogP contribution >= 0.6 is 0 Å². The molecule has 2 aromatic rings. The average Bonchev–Trinajstić information content (AvgIpc) is 2.60. The number of likely N-dealkylation sites (N-methyl/N-ethyl adjacent to an activating group) is 1. The van der Waals surface area contributed by atoms with E-state index in [1.807, 2.05) is 12.1 Å². The van der Waals surface area contributed by atoms with Crippen molar-refractivity contribution in [2.45, 2.75) is 19.4 Å². The van der Waals surface area contributed by atoms with Gasteiger partial charge in [-0.3, -0.25) is 4.98 Å². The molecule has 1 aliphatic rings. The van der Waals surface area contributed by atoms with E-state index in [1.54, 1.807) is 6.20 Å². The Kier molecular flexibility index (Phi) is 3.68. The van der Waals surface area contributed by atoms with E-state index < -0.39 is 0 Å². The van der Waals surface area contributed by atoms with Gasteiger partial charge in [-0.1, -0.05) is 0 Å². The SMILES string of the molecule is CC1CN(C)CCCN1c1c(F)cc(N)c2cccnc12. The van der Waals surface area contributed by atoms with Crippen LogP contribution < -0.4 is 10.6 Å². The fourth-order valence-corrected chi connectivity index (χ4v) is 3.20. The lowest BCUT2D eigenvalue weighted by Crippen LogP contribution is -2.38. The first kappa shape index (κ1) is 14.1. The Morgan fingerprint density at radius 3 is 3.00 bits per heavy atom. The Morgan fingerprint density at radius 2 is 2.19 bits per heavy atom. The summed E-state index contributed by atoms with van der Waals surface area (Å²) < 4.78 is 14.6. The monoisotopic (exact) mass is 288 g/mol. The number of nitrogens with zero attached hydrogens (tertiary/aromatic N) is 3. The predicted octanol–water partition coefficient (Wildman–Crippen LogP) is 2.49. The molecule has 1 saturated heterocycles. The lowest BCUT2D eigenvalue weighted by Gasteiger charge is -2.31. The van der Waals surface area contributed by atoms with Gasteiger partial charge >= 0.3 is 0 Å². The third-order valence-electron chi connectivity index (χ3n) is 4.19. The Bertz CT molecular complexity index is 658. The fourth-order valence-electron chi connectivity index (χ4n) is 3.20. The maximum absolute atomic E-state index is 14.6. The Labute approximate surface area is 124 Å². The molecule has 0 spiro atoms. The van der Waals surface area contributed by atoms with Crippen molar-refractivity contribution in [3.63, 3.8) is 0 Å². The lowest BCUT2D eigenvalue weighted by atomic mass is 10.1. The van der Waals surface area contributed by atoms with Crippen LogP contribution in [-0.4, -0.2) is 42.6 Å². The summed E-state index contributed by atoms with van der Waals surface area (Å²) in [5, 5.41) is 0.818. The van der Waals surface area contributed by atoms with Crippen molar-refractivity contribution in [3.8, 4) is 0 Å². The van der Waals surface area contributed by atoms with E-state index in [0.717, 1.165) is 31.4 Å². The van der Waals surface area contributed by atoms with Gasteiger partial charge in [0, 0.05) is 36.4 Å². The number of benzene rings is 1. The van der Waals surface area contributed by atoms with Gasteiger partial charge in [0.2, 0.25) is 0 Å². The molecular formula is C16H21FN4. The number of aromatic nitrogens is 1. The molecule has 0 aliphatic carbocycles. The van der Waals surface area contributed by atoms with Gasteiger partial charge in [-0.15, -0.1) is 0 Å². The molecule has 1 fully saturated rings. The van der Waals surface area contributed by atoms with E-state index in [0.29, 0.717) is 16.9 Å². The lowest BCUT2D eigenvalue weighted by molar-refractivity contribution is 0.337. The molecule has 1 aromatic heterocycles. The minimum atomic E-state index is -0.282. The highest BCUT2D eigenvalue weighted by Gasteiger charge is 2.25. The summed E-state index contributed by atoms with van der Waals surface area (Å²) in [6.07, 6.45) is 2.71. The minimum absolute atomic E-state index is 0.237. The molecule has 4 nitrogen and oxygen atoms in total. The van der Waals surface area contributed by atoms with E-state index in [2.05, 4.69) is 28.8 Å². The van der Waals surface area contributed by atoms with Gasteiger partial charge in [0.1, 0.15) is 5.69 Å². The summed E-state index contributed by atoms with van der Waals surface area (Å²) in [6, 6.07) is 5.39. The largest absolute Gasteiger partial charge is 0.398 e. The highest BCUT2D eigenvalue weighted by Crippen LogP contribution is 2.34. The molecule has 5 heteroatoms. The summed E-state index contributed by atoms with van der Waals surface area (Å²) in [7, 11) is 2.11. The highest BCUT2D eigenvalue weighted by molar-refractivity contribution is 5.99. The van der Waals surface area contributed by atoms with Crippen molar-refractivity contribution in [1.82, 2.24) is 9.88 Å². The Hall–Kier alpha value is -1.88. The number of nitrogen functional groups attached to an aromatic ring is 1. The number of pyridine rings is 1. The quantitative estimate of drug-likeness (QED) is 0.819. The number of rotatable bonds is 1. The topological polar surface area (TPSA) is 45.4 Å². The van der Waals surface area contributed by atoms with Crippen LogP contribution in [0.4, 0.5) is 15.8 Å². The Balaban J connectivity index is 2.15. The number of hydrogen-bond acceptors (Lipinski definition) is 4. The third kappa shape index (κ3) is 2.53. The molecule has 0 radical (unpaired) electrons. The molecular weight excluding hydrogens is 267 g/mol. The van der Waals surface area contributed by atoms with Crippen molar-refractivity contribution in [2.24, 2.45) is 0 Å². The van der Waals surface area contributed by atoms with Crippen molar-refractivity contribution in [3.05, 3.63) is 30.2 Å². The van der Waals surface area contributed by atoms with Crippen LogP contribution in [-0.2, 0) is 0 Å². The second-order valence-corrected chi connectivity index (χ2v) is 5.85. The minimum Gasteiger partial charge on any atom is -0.398 e. The van der Waals surface area contributed by atoms with Gasteiger partial charge in [-0.2, -0.15) is 0 Å². The summed E-state index contributed by atoms with van der Waals surface area (Å²) in [4.78, 5) is 8.81. The highest BCUT2D eigenvalue weighted by atomic mass is 19.1. The van der Waals surface area contributed by atoms with E-state index in [-0.39, 0.29) is 11.9 Å².